The number of sulfonamides is 1. The molecule has 1 N–H and O–H groups in total. The highest BCUT2D eigenvalue weighted by atomic mass is 32.2. The van der Waals surface area contributed by atoms with Crippen LogP contribution in [0.15, 0.2) is 70.9 Å². The van der Waals surface area contributed by atoms with Gasteiger partial charge in [0.15, 0.2) is 0 Å². The molecule has 158 valence electrons. The maximum atomic E-state index is 13.3. The Balaban J connectivity index is 1.84. The molecule has 3 aromatic rings. The molecule has 3 rings (SSSR count). The lowest BCUT2D eigenvalue weighted by molar-refractivity contribution is -0.116. The fourth-order valence-electron chi connectivity index (χ4n) is 3.06. The Labute approximate surface area is 181 Å². The van der Waals surface area contributed by atoms with Crippen molar-refractivity contribution in [3.05, 3.63) is 70.9 Å². The summed E-state index contributed by atoms with van der Waals surface area (Å²) < 4.78 is 33.2. The third-order valence-corrected chi connectivity index (χ3v) is 7.38. The third-order valence-electron chi connectivity index (χ3n) is 4.54. The predicted octanol–water partition coefficient (Wildman–Crippen LogP) is 4.54. The Bertz CT molecular complexity index is 1080. The third kappa shape index (κ3) is 5.01. The van der Waals surface area contributed by atoms with Gasteiger partial charge in [-0.1, -0.05) is 24.3 Å². The molecule has 0 atom stereocenters. The van der Waals surface area contributed by atoms with Gasteiger partial charge in [0.1, 0.15) is 5.75 Å². The first-order chi connectivity index (χ1) is 14.5. The van der Waals surface area contributed by atoms with Crippen LogP contribution in [0.4, 0.5) is 11.4 Å². The lowest BCUT2D eigenvalue weighted by atomic mass is 10.2. The maximum absolute atomic E-state index is 13.3. The highest BCUT2D eigenvalue weighted by molar-refractivity contribution is 7.92. The van der Waals surface area contributed by atoms with E-state index in [0.717, 1.165) is 4.88 Å². The summed E-state index contributed by atoms with van der Waals surface area (Å²) in [4.78, 5) is 13.6. The Hall–Kier alpha value is -2.84. The monoisotopic (exact) mass is 444 g/mol. The Morgan fingerprint density at radius 1 is 1.10 bits per heavy atom. The van der Waals surface area contributed by atoms with Crippen molar-refractivity contribution in [2.75, 3.05) is 23.3 Å². The van der Waals surface area contributed by atoms with Crippen molar-refractivity contribution in [2.24, 2.45) is 0 Å². The highest BCUT2D eigenvalue weighted by Crippen LogP contribution is 2.31. The smallest absolute Gasteiger partial charge is 0.264 e. The second kappa shape index (κ2) is 9.77. The number of aryl methyl sites for hydroxylation is 1. The number of rotatable bonds is 9. The number of benzene rings is 2. The van der Waals surface area contributed by atoms with E-state index in [2.05, 4.69) is 5.32 Å². The van der Waals surface area contributed by atoms with Crippen LogP contribution in [0.1, 0.15) is 18.2 Å². The molecule has 0 bridgehead atoms. The fourth-order valence-corrected chi connectivity index (χ4v) is 5.27. The molecule has 30 heavy (non-hydrogen) atoms. The predicted molar refractivity (Wildman–Crippen MR) is 121 cm³/mol. The number of anilines is 2. The van der Waals surface area contributed by atoms with Crippen LogP contribution < -0.4 is 14.4 Å². The molecule has 0 aliphatic rings. The average molecular weight is 445 g/mol. The van der Waals surface area contributed by atoms with Gasteiger partial charge in [-0.2, -0.15) is 0 Å². The van der Waals surface area contributed by atoms with Gasteiger partial charge in [-0.15, -0.1) is 11.3 Å². The van der Waals surface area contributed by atoms with Crippen molar-refractivity contribution in [3.8, 4) is 5.75 Å². The minimum atomic E-state index is -3.81. The van der Waals surface area contributed by atoms with Crippen molar-refractivity contribution in [1.82, 2.24) is 0 Å². The summed E-state index contributed by atoms with van der Waals surface area (Å²) in [7, 11) is -2.33. The second-order valence-electron chi connectivity index (χ2n) is 6.49. The van der Waals surface area contributed by atoms with Crippen molar-refractivity contribution < 1.29 is 17.9 Å². The molecule has 8 heteroatoms. The normalized spacial score (nSPS) is 11.1. The van der Waals surface area contributed by atoms with Crippen LogP contribution in [-0.4, -0.2) is 28.0 Å². The zero-order valence-corrected chi connectivity index (χ0v) is 18.5. The molecule has 0 unspecified atom stereocenters. The Morgan fingerprint density at radius 2 is 1.87 bits per heavy atom. The van der Waals surface area contributed by atoms with E-state index in [1.807, 2.05) is 23.6 Å². The molecule has 0 saturated heterocycles. The zero-order chi connectivity index (χ0) is 21.6. The topological polar surface area (TPSA) is 75.7 Å². The molecule has 1 heterocycles. The van der Waals surface area contributed by atoms with E-state index in [1.165, 1.54) is 23.5 Å². The van der Waals surface area contributed by atoms with Crippen LogP contribution >= 0.6 is 11.3 Å². The molecular weight excluding hydrogens is 420 g/mol. The molecule has 0 saturated carbocycles. The molecule has 1 aromatic heterocycles. The first kappa shape index (κ1) is 21.9. The van der Waals surface area contributed by atoms with Crippen LogP contribution in [0.5, 0.6) is 5.75 Å². The maximum Gasteiger partial charge on any atom is 0.264 e. The van der Waals surface area contributed by atoms with Crippen molar-refractivity contribution >= 4 is 38.6 Å². The van der Waals surface area contributed by atoms with Crippen molar-refractivity contribution in [3.63, 3.8) is 0 Å². The van der Waals surface area contributed by atoms with Gasteiger partial charge in [0, 0.05) is 17.8 Å². The molecule has 0 aliphatic carbocycles. The number of nitrogens with zero attached hydrogens (tertiary/aromatic N) is 1. The molecule has 0 aliphatic heterocycles. The minimum Gasteiger partial charge on any atom is -0.495 e. The van der Waals surface area contributed by atoms with Crippen LogP contribution in [0, 0.1) is 0 Å². The number of methoxy groups -OCH3 is 1. The average Bonchev–Trinajstić information content (AvgIpc) is 3.27. The lowest BCUT2D eigenvalue weighted by Crippen LogP contribution is -2.30. The van der Waals surface area contributed by atoms with Gasteiger partial charge in [0.2, 0.25) is 5.91 Å². The summed E-state index contributed by atoms with van der Waals surface area (Å²) in [5, 5.41) is 4.76. The first-order valence-electron chi connectivity index (χ1n) is 9.53. The van der Waals surface area contributed by atoms with Gasteiger partial charge in [-0.3, -0.25) is 9.10 Å². The number of thiophene rings is 1. The summed E-state index contributed by atoms with van der Waals surface area (Å²) in [6, 6.07) is 17.3. The Morgan fingerprint density at radius 3 is 2.50 bits per heavy atom. The SMILES string of the molecule is CCN(c1ccccc1)S(=O)(=O)c1ccc(OC)c(NC(=O)CCc2cccs2)c1. The van der Waals surface area contributed by atoms with E-state index in [1.54, 1.807) is 48.6 Å². The molecule has 6 nitrogen and oxygen atoms in total. The summed E-state index contributed by atoms with van der Waals surface area (Å²) >= 11 is 1.60. The molecule has 0 radical (unpaired) electrons. The van der Waals surface area contributed by atoms with Crippen LogP contribution in [0.2, 0.25) is 0 Å². The Kier molecular flexibility index (Phi) is 7.12. The van der Waals surface area contributed by atoms with E-state index >= 15 is 0 Å². The quantitative estimate of drug-likeness (QED) is 0.526. The van der Waals surface area contributed by atoms with Gasteiger partial charge in [-0.05, 0) is 55.1 Å². The van der Waals surface area contributed by atoms with E-state index in [4.69, 9.17) is 4.74 Å². The van der Waals surface area contributed by atoms with Crippen LogP contribution in [0.3, 0.4) is 0 Å². The van der Waals surface area contributed by atoms with E-state index in [-0.39, 0.29) is 17.3 Å². The molecule has 1 amide bonds. The number of amides is 1. The summed E-state index contributed by atoms with van der Waals surface area (Å²) in [6.07, 6.45) is 0.924. The summed E-state index contributed by atoms with van der Waals surface area (Å²) in [5.74, 6) is 0.202. The highest BCUT2D eigenvalue weighted by Gasteiger charge is 2.25. The zero-order valence-electron chi connectivity index (χ0n) is 16.9. The summed E-state index contributed by atoms with van der Waals surface area (Å²) in [5.41, 5.74) is 0.913. The number of para-hydroxylation sites is 1. The largest absolute Gasteiger partial charge is 0.495 e. The van der Waals surface area contributed by atoms with E-state index < -0.39 is 10.0 Å². The van der Waals surface area contributed by atoms with Gasteiger partial charge >= 0.3 is 0 Å². The van der Waals surface area contributed by atoms with E-state index in [9.17, 15) is 13.2 Å². The number of hydrogen-bond acceptors (Lipinski definition) is 5. The second-order valence-corrected chi connectivity index (χ2v) is 9.39. The summed E-state index contributed by atoms with van der Waals surface area (Å²) in [6.45, 7) is 2.06. The van der Waals surface area contributed by atoms with Crippen LogP contribution in [-0.2, 0) is 21.2 Å². The molecule has 2 aromatic carbocycles. The van der Waals surface area contributed by atoms with Gasteiger partial charge in [0.25, 0.3) is 10.0 Å². The molecule has 0 spiro atoms. The van der Waals surface area contributed by atoms with Crippen molar-refractivity contribution in [2.45, 2.75) is 24.7 Å². The van der Waals surface area contributed by atoms with Gasteiger partial charge in [0.05, 0.1) is 23.4 Å². The van der Waals surface area contributed by atoms with Gasteiger partial charge < -0.3 is 10.1 Å². The van der Waals surface area contributed by atoms with Gasteiger partial charge in [-0.25, -0.2) is 8.42 Å². The lowest BCUT2D eigenvalue weighted by Gasteiger charge is -2.23. The number of carbonyl (C=O) groups is 1. The number of carbonyl (C=O) groups excluding carboxylic acids is 1. The standard InChI is InChI=1S/C22H24N2O4S2/c1-3-24(17-8-5-4-6-9-17)30(26,27)19-12-13-21(28-2)20(16-19)23-22(25)14-11-18-10-7-15-29-18/h4-10,12-13,15-16H,3,11,14H2,1-2H3,(H,23,25). The van der Waals surface area contributed by atoms with Crippen LogP contribution in [0.25, 0.3) is 0 Å². The minimum absolute atomic E-state index is 0.0857. The molecule has 0 fully saturated rings. The number of ether oxygens (including phenoxy) is 1. The molecular formula is C22H24N2O4S2. The number of nitrogens with one attached hydrogen (secondary N) is 1. The van der Waals surface area contributed by atoms with Crippen molar-refractivity contribution in [1.29, 1.82) is 0 Å². The van der Waals surface area contributed by atoms with E-state index in [0.29, 0.717) is 30.0 Å². The number of hydrogen-bond donors (Lipinski definition) is 1. The first-order valence-corrected chi connectivity index (χ1v) is 11.9. The fraction of sp³-hybridized carbons (Fsp3) is 0.227.